The molecule has 1 aliphatic carbocycles. The smallest absolute Gasteiger partial charge is 0.0623 e. The van der Waals surface area contributed by atoms with Crippen molar-refractivity contribution in [2.75, 3.05) is 0 Å². The largest absolute Gasteiger partial charge is 0.206 e. The first-order valence-electron chi connectivity index (χ1n) is 16.2. The van der Waals surface area contributed by atoms with E-state index in [2.05, 4.69) is 187 Å². The molecule has 0 aromatic heterocycles. The molecule has 7 rings (SSSR count). The van der Waals surface area contributed by atoms with Crippen molar-refractivity contribution in [2.45, 2.75) is 58.8 Å². The zero-order valence-corrected chi connectivity index (χ0v) is 32.8. The van der Waals surface area contributed by atoms with Crippen molar-refractivity contribution in [2.24, 2.45) is 0 Å². The summed E-state index contributed by atoms with van der Waals surface area (Å²) in [6, 6.07) is 54.9. The van der Waals surface area contributed by atoms with Gasteiger partial charge in [0.2, 0.25) is 0 Å². The van der Waals surface area contributed by atoms with Crippen LogP contribution in [-0.2, 0) is 41.5 Å². The molecule has 0 bridgehead atoms. The molecule has 0 aliphatic heterocycles. The van der Waals surface area contributed by atoms with E-state index in [-0.39, 0.29) is 35.6 Å². The Morgan fingerprint density at radius 2 is 1.12 bits per heavy atom. The van der Waals surface area contributed by atoms with Gasteiger partial charge in [-0.3, -0.25) is 0 Å². The van der Waals surface area contributed by atoms with Crippen LogP contribution in [0.1, 0.15) is 74.9 Å². The maximum Gasteiger partial charge on any atom is -0.0623 e. The zero-order chi connectivity index (χ0) is 32.7. The summed E-state index contributed by atoms with van der Waals surface area (Å²) in [6.45, 7) is 13.6. The Hall–Kier alpha value is -3.22. The van der Waals surface area contributed by atoms with E-state index in [1.165, 1.54) is 83.1 Å². The third-order valence-electron chi connectivity index (χ3n) is 8.42. The summed E-state index contributed by atoms with van der Waals surface area (Å²) in [5.74, 6) is 0. The minimum absolute atomic E-state index is 0. The van der Waals surface area contributed by atoms with Crippen molar-refractivity contribution in [1.82, 2.24) is 0 Å². The second-order valence-corrected chi connectivity index (χ2v) is 15.2. The Bertz CT molecular complexity index is 1760. The molecular formula is C45H44Cl2Zr-2. The SMILES string of the molecule is CC(C)(C)c1c[c-]c2c(c1)-c1cc(C(C)(C)C)ccc1C2.[Cl-].[Cl-].[Zr+2]=[C](c1ccccc1)c1ccccc1.c1ccc(-c2cc[cH-]c2)cc1. The summed E-state index contributed by atoms with van der Waals surface area (Å²) < 4.78 is 1.42. The van der Waals surface area contributed by atoms with Crippen molar-refractivity contribution >= 4 is 3.21 Å². The first kappa shape index (κ1) is 39.2. The van der Waals surface area contributed by atoms with E-state index in [1.54, 1.807) is 0 Å². The van der Waals surface area contributed by atoms with E-state index < -0.39 is 0 Å². The van der Waals surface area contributed by atoms with Gasteiger partial charge < -0.3 is 24.8 Å². The molecule has 0 heterocycles. The molecule has 0 atom stereocenters. The van der Waals surface area contributed by atoms with Crippen molar-refractivity contribution in [3.8, 4) is 22.3 Å². The molecule has 244 valence electrons. The van der Waals surface area contributed by atoms with Gasteiger partial charge in [-0.05, 0) is 17.4 Å². The topological polar surface area (TPSA) is 0 Å². The average Bonchev–Trinajstić information content (AvgIpc) is 3.74. The fourth-order valence-corrected chi connectivity index (χ4v) is 6.38. The second-order valence-electron chi connectivity index (χ2n) is 14.0. The molecule has 0 N–H and O–H groups in total. The van der Waals surface area contributed by atoms with Crippen molar-refractivity contribution in [3.63, 3.8) is 0 Å². The quantitative estimate of drug-likeness (QED) is 0.209. The van der Waals surface area contributed by atoms with Gasteiger partial charge in [0.15, 0.2) is 0 Å². The predicted molar refractivity (Wildman–Crippen MR) is 194 cm³/mol. The second kappa shape index (κ2) is 17.4. The zero-order valence-electron chi connectivity index (χ0n) is 28.8. The van der Waals surface area contributed by atoms with Crippen LogP contribution in [0.3, 0.4) is 0 Å². The Labute approximate surface area is 316 Å². The van der Waals surface area contributed by atoms with Crippen molar-refractivity contribution in [3.05, 3.63) is 185 Å². The molecule has 6 aromatic carbocycles. The van der Waals surface area contributed by atoms with E-state index in [9.17, 15) is 0 Å². The van der Waals surface area contributed by atoms with Crippen LogP contribution < -0.4 is 24.8 Å². The van der Waals surface area contributed by atoms with E-state index in [0.717, 1.165) is 6.42 Å². The number of fused-ring (bicyclic) bond motifs is 3. The molecule has 0 unspecified atom stereocenters. The third kappa shape index (κ3) is 10.2. The van der Waals surface area contributed by atoms with Crippen LogP contribution in [0, 0.1) is 6.07 Å². The van der Waals surface area contributed by atoms with Crippen LogP contribution in [-0.4, -0.2) is 3.21 Å². The van der Waals surface area contributed by atoms with E-state index in [1.807, 2.05) is 6.07 Å². The predicted octanol–water partition coefficient (Wildman–Crippen LogP) is 5.54. The first-order valence-corrected chi connectivity index (χ1v) is 17.4. The third-order valence-corrected chi connectivity index (χ3v) is 9.84. The van der Waals surface area contributed by atoms with Gasteiger partial charge in [-0.1, -0.05) is 112 Å². The normalized spacial score (nSPS) is 11.2. The summed E-state index contributed by atoms with van der Waals surface area (Å²) in [5, 5.41) is 0. The fraction of sp³-hybridized carbons (Fsp3) is 0.200. The number of halogens is 2. The Morgan fingerprint density at radius 1 is 0.604 bits per heavy atom. The molecule has 0 saturated carbocycles. The van der Waals surface area contributed by atoms with E-state index >= 15 is 0 Å². The monoisotopic (exact) mass is 744 g/mol. The molecular weight excluding hydrogens is 703 g/mol. The van der Waals surface area contributed by atoms with Gasteiger partial charge in [0.25, 0.3) is 0 Å². The summed E-state index contributed by atoms with van der Waals surface area (Å²) >= 11 is 1.46. The van der Waals surface area contributed by atoms with Crippen LogP contribution in [0.15, 0.2) is 146 Å². The molecule has 0 saturated heterocycles. The summed E-state index contributed by atoms with van der Waals surface area (Å²) in [4.78, 5) is 0. The van der Waals surface area contributed by atoms with Crippen LogP contribution in [0.2, 0.25) is 0 Å². The molecule has 0 radical (unpaired) electrons. The number of rotatable bonds is 3. The molecule has 0 fully saturated rings. The van der Waals surface area contributed by atoms with Crippen LogP contribution in [0.4, 0.5) is 0 Å². The number of hydrogen-bond donors (Lipinski definition) is 0. The van der Waals surface area contributed by atoms with Crippen LogP contribution >= 0.6 is 0 Å². The molecule has 6 aromatic rings. The van der Waals surface area contributed by atoms with Gasteiger partial charge in [-0.15, -0.1) is 5.56 Å². The minimum Gasteiger partial charge on any atom is -0.206 e. The molecule has 0 amide bonds. The fourth-order valence-electron chi connectivity index (χ4n) is 5.56. The summed E-state index contributed by atoms with van der Waals surface area (Å²) in [6.07, 6.45) is 1.03. The maximum atomic E-state index is 3.53. The standard InChI is InChI=1S/C21H25.C13H10.C11H9.2ClH.Zr/c1-20(2,3)16-9-7-14-11-15-8-10-17(21(4,5)6)13-19(15)18(14)12-16;1-3-7-12(8-4-1)11-13-9-5-2-6-10-13;1-2-6-10(7-3-1)11-8-4-5-9-11;;;/h7,9-10,12-13H,11H2,1-6H3;1-10H;1-9H;2*1H;/q-1;;-1;;;+2/p-2. The first-order chi connectivity index (χ1) is 22.0. The van der Waals surface area contributed by atoms with Gasteiger partial charge in [-0.25, -0.2) is 6.07 Å². The molecule has 48 heavy (non-hydrogen) atoms. The summed E-state index contributed by atoms with van der Waals surface area (Å²) in [7, 11) is 0. The van der Waals surface area contributed by atoms with Gasteiger partial charge in [0.1, 0.15) is 0 Å². The molecule has 0 spiro atoms. The molecule has 0 nitrogen and oxygen atoms in total. The summed E-state index contributed by atoms with van der Waals surface area (Å²) in [5.41, 5.74) is 14.0. The Kier molecular flexibility index (Phi) is 14.3. The van der Waals surface area contributed by atoms with Crippen LogP contribution in [0.25, 0.3) is 22.3 Å². The van der Waals surface area contributed by atoms with Gasteiger partial charge in [0.05, 0.1) is 0 Å². The number of benzene rings is 5. The van der Waals surface area contributed by atoms with E-state index in [0.29, 0.717) is 0 Å². The van der Waals surface area contributed by atoms with Gasteiger partial charge in [-0.2, -0.15) is 53.1 Å². The van der Waals surface area contributed by atoms with E-state index in [4.69, 9.17) is 0 Å². The minimum atomic E-state index is 0. The van der Waals surface area contributed by atoms with Gasteiger partial charge in [0, 0.05) is 0 Å². The Morgan fingerprint density at radius 3 is 1.62 bits per heavy atom. The number of hydrogen-bond acceptors (Lipinski definition) is 0. The average molecular weight is 747 g/mol. The maximum absolute atomic E-state index is 3.53. The molecule has 1 aliphatic rings. The Balaban J connectivity index is 0.000000202. The van der Waals surface area contributed by atoms with Crippen molar-refractivity contribution < 1.29 is 49.0 Å². The van der Waals surface area contributed by atoms with Gasteiger partial charge >= 0.3 is 99.2 Å². The van der Waals surface area contributed by atoms with Crippen LogP contribution in [0.5, 0.6) is 0 Å². The molecule has 3 heteroatoms. The van der Waals surface area contributed by atoms with Crippen molar-refractivity contribution in [1.29, 1.82) is 0 Å².